The highest BCUT2D eigenvalue weighted by Gasteiger charge is 2.41. The summed E-state index contributed by atoms with van der Waals surface area (Å²) in [5, 5.41) is 15.4. The van der Waals surface area contributed by atoms with Gasteiger partial charge in [-0.25, -0.2) is 0 Å². The van der Waals surface area contributed by atoms with Crippen LogP contribution in [0, 0.1) is 11.3 Å². The fourth-order valence-electron chi connectivity index (χ4n) is 2.52. The second kappa shape index (κ2) is 7.62. The fraction of sp³-hybridized carbons (Fsp3) is 0.867. The van der Waals surface area contributed by atoms with Crippen molar-refractivity contribution in [2.24, 2.45) is 11.3 Å². The molecule has 1 aliphatic rings. The summed E-state index contributed by atoms with van der Waals surface area (Å²) in [4.78, 5) is 23.3. The van der Waals surface area contributed by atoms with Crippen LogP contribution in [0.5, 0.6) is 0 Å². The van der Waals surface area contributed by atoms with Crippen LogP contribution < -0.4 is 10.6 Å². The molecule has 0 aromatic carbocycles. The van der Waals surface area contributed by atoms with E-state index in [1.54, 1.807) is 0 Å². The number of carboxylic acid groups (broad SMARTS) is 1. The normalized spacial score (nSPS) is 27.9. The highest BCUT2D eigenvalue weighted by atomic mass is 16.4. The first kappa shape index (κ1) is 17.0. The van der Waals surface area contributed by atoms with Crippen molar-refractivity contribution in [1.82, 2.24) is 10.6 Å². The van der Waals surface area contributed by atoms with Crippen LogP contribution in [-0.2, 0) is 9.59 Å². The van der Waals surface area contributed by atoms with Gasteiger partial charge < -0.3 is 15.7 Å². The Bertz CT molecular complexity index is 336. The van der Waals surface area contributed by atoms with E-state index < -0.39 is 11.4 Å². The van der Waals surface area contributed by atoms with E-state index in [2.05, 4.69) is 24.5 Å². The first-order valence-electron chi connectivity index (χ1n) is 7.63. The number of hydrogen-bond donors (Lipinski definition) is 3. The van der Waals surface area contributed by atoms with Gasteiger partial charge in [-0.1, -0.05) is 13.8 Å². The van der Waals surface area contributed by atoms with Gasteiger partial charge in [-0.15, -0.1) is 0 Å². The minimum atomic E-state index is -0.778. The van der Waals surface area contributed by atoms with Gasteiger partial charge >= 0.3 is 5.97 Å². The molecule has 1 saturated carbocycles. The van der Waals surface area contributed by atoms with E-state index in [9.17, 15) is 14.7 Å². The van der Waals surface area contributed by atoms with Crippen molar-refractivity contribution in [2.45, 2.75) is 58.9 Å². The summed E-state index contributed by atoms with van der Waals surface area (Å²) in [5.74, 6) is -0.311. The van der Waals surface area contributed by atoms with Crippen molar-refractivity contribution in [3.8, 4) is 0 Å². The minimum absolute atomic E-state index is 0.121. The smallest absolute Gasteiger partial charge is 0.311 e. The first-order chi connectivity index (χ1) is 9.39. The van der Waals surface area contributed by atoms with E-state index in [4.69, 9.17) is 0 Å². The molecule has 1 fully saturated rings. The molecule has 3 N–H and O–H groups in total. The third-order valence-corrected chi connectivity index (χ3v) is 4.53. The number of aliphatic carboxylic acids is 1. The number of rotatable bonds is 7. The molecule has 1 amide bonds. The fourth-order valence-corrected chi connectivity index (χ4v) is 2.52. The van der Waals surface area contributed by atoms with Crippen LogP contribution >= 0.6 is 0 Å². The van der Waals surface area contributed by atoms with Crippen molar-refractivity contribution in [2.75, 3.05) is 13.1 Å². The molecule has 5 nitrogen and oxygen atoms in total. The van der Waals surface area contributed by atoms with E-state index in [1.807, 2.05) is 6.92 Å². The van der Waals surface area contributed by atoms with E-state index in [0.717, 1.165) is 19.3 Å². The minimum Gasteiger partial charge on any atom is -0.481 e. The molecular weight excluding hydrogens is 256 g/mol. The number of amides is 1. The molecule has 0 aromatic heterocycles. The summed E-state index contributed by atoms with van der Waals surface area (Å²) in [6.45, 7) is 6.73. The van der Waals surface area contributed by atoms with E-state index in [1.165, 1.54) is 0 Å². The molecule has 1 rings (SSSR count). The van der Waals surface area contributed by atoms with E-state index >= 15 is 0 Å². The van der Waals surface area contributed by atoms with Crippen LogP contribution in [0.25, 0.3) is 0 Å². The van der Waals surface area contributed by atoms with E-state index in [-0.39, 0.29) is 19.0 Å². The van der Waals surface area contributed by atoms with Crippen LogP contribution in [0.2, 0.25) is 0 Å². The third-order valence-electron chi connectivity index (χ3n) is 4.53. The van der Waals surface area contributed by atoms with Gasteiger partial charge in [0.05, 0.1) is 12.0 Å². The zero-order chi connectivity index (χ0) is 15.2. The van der Waals surface area contributed by atoms with Gasteiger partial charge in [0, 0.05) is 12.6 Å². The SMILES string of the molecule is CCC(C)NCC(=O)NCC1(C(=O)O)CCC(C)CC1. The van der Waals surface area contributed by atoms with Crippen molar-refractivity contribution in [1.29, 1.82) is 0 Å². The summed E-state index contributed by atoms with van der Waals surface area (Å²) in [6, 6.07) is 0.296. The van der Waals surface area contributed by atoms with Crippen LogP contribution in [0.1, 0.15) is 52.9 Å². The largest absolute Gasteiger partial charge is 0.481 e. The van der Waals surface area contributed by atoms with Crippen LogP contribution in [-0.4, -0.2) is 36.1 Å². The second-order valence-electron chi connectivity index (χ2n) is 6.23. The first-order valence-corrected chi connectivity index (χ1v) is 7.63. The maximum absolute atomic E-state index is 11.8. The predicted octanol–water partition coefficient (Wildman–Crippen LogP) is 1.77. The maximum Gasteiger partial charge on any atom is 0.311 e. The Morgan fingerprint density at radius 2 is 1.95 bits per heavy atom. The van der Waals surface area contributed by atoms with Crippen LogP contribution in [0.15, 0.2) is 0 Å². The van der Waals surface area contributed by atoms with Crippen molar-refractivity contribution < 1.29 is 14.7 Å². The molecule has 1 aliphatic carbocycles. The zero-order valence-corrected chi connectivity index (χ0v) is 12.9. The molecule has 0 heterocycles. The van der Waals surface area contributed by atoms with Gasteiger partial charge in [-0.3, -0.25) is 9.59 Å². The van der Waals surface area contributed by atoms with Gasteiger partial charge in [0.1, 0.15) is 0 Å². The highest BCUT2D eigenvalue weighted by molar-refractivity contribution is 5.80. The van der Waals surface area contributed by atoms with Crippen LogP contribution in [0.4, 0.5) is 0 Å². The van der Waals surface area contributed by atoms with Gasteiger partial charge in [0.2, 0.25) is 5.91 Å². The Morgan fingerprint density at radius 1 is 1.35 bits per heavy atom. The molecule has 5 heteroatoms. The summed E-state index contributed by atoms with van der Waals surface area (Å²) in [7, 11) is 0. The molecule has 0 aliphatic heterocycles. The molecule has 0 aromatic rings. The lowest BCUT2D eigenvalue weighted by atomic mass is 9.71. The zero-order valence-electron chi connectivity index (χ0n) is 12.9. The maximum atomic E-state index is 11.8. The Kier molecular flexibility index (Phi) is 6.46. The van der Waals surface area contributed by atoms with Gasteiger partial charge in [-0.2, -0.15) is 0 Å². The highest BCUT2D eigenvalue weighted by Crippen LogP contribution is 2.38. The molecule has 0 bridgehead atoms. The summed E-state index contributed by atoms with van der Waals surface area (Å²) in [5.41, 5.74) is -0.765. The second-order valence-corrected chi connectivity index (χ2v) is 6.23. The quantitative estimate of drug-likeness (QED) is 0.666. The lowest BCUT2D eigenvalue weighted by Crippen LogP contribution is -2.47. The Labute approximate surface area is 121 Å². The molecule has 1 unspecified atom stereocenters. The van der Waals surface area contributed by atoms with Gasteiger partial charge in [0.15, 0.2) is 0 Å². The number of nitrogens with one attached hydrogen (secondary N) is 2. The summed E-state index contributed by atoms with van der Waals surface area (Å²) >= 11 is 0. The monoisotopic (exact) mass is 284 g/mol. The number of carbonyl (C=O) groups excluding carboxylic acids is 1. The van der Waals surface area contributed by atoms with Gasteiger partial charge in [-0.05, 0) is 44.9 Å². The standard InChI is InChI=1S/C15H28N2O3/c1-4-12(3)16-9-13(18)17-10-15(14(19)20)7-5-11(2)6-8-15/h11-12,16H,4-10H2,1-3H3,(H,17,18)(H,19,20). The lowest BCUT2D eigenvalue weighted by molar-refractivity contribution is -0.151. The Balaban J connectivity index is 2.43. The molecule has 0 saturated heterocycles. The molecule has 20 heavy (non-hydrogen) atoms. The van der Waals surface area contributed by atoms with Crippen molar-refractivity contribution >= 4 is 11.9 Å². The van der Waals surface area contributed by atoms with E-state index in [0.29, 0.717) is 24.8 Å². The van der Waals surface area contributed by atoms with Crippen molar-refractivity contribution in [3.05, 3.63) is 0 Å². The number of carbonyl (C=O) groups is 2. The third kappa shape index (κ3) is 4.78. The molecular formula is C15H28N2O3. The lowest BCUT2D eigenvalue weighted by Gasteiger charge is -2.35. The van der Waals surface area contributed by atoms with Crippen LogP contribution in [0.3, 0.4) is 0 Å². The Hall–Kier alpha value is -1.10. The average Bonchev–Trinajstić information content (AvgIpc) is 2.44. The molecule has 116 valence electrons. The van der Waals surface area contributed by atoms with Crippen molar-refractivity contribution in [3.63, 3.8) is 0 Å². The number of carboxylic acids is 1. The molecule has 0 radical (unpaired) electrons. The topological polar surface area (TPSA) is 78.4 Å². The summed E-state index contributed by atoms with van der Waals surface area (Å²) < 4.78 is 0. The Morgan fingerprint density at radius 3 is 2.45 bits per heavy atom. The molecule has 1 atom stereocenters. The predicted molar refractivity (Wildman–Crippen MR) is 78.5 cm³/mol. The average molecular weight is 284 g/mol. The van der Waals surface area contributed by atoms with Gasteiger partial charge in [0.25, 0.3) is 0 Å². The number of hydrogen-bond acceptors (Lipinski definition) is 3. The molecule has 0 spiro atoms. The summed E-state index contributed by atoms with van der Waals surface area (Å²) in [6.07, 6.45) is 4.12.